The first-order valence-corrected chi connectivity index (χ1v) is 4.83. The Kier molecular flexibility index (Phi) is 4.84. The number of rotatable bonds is 5. The third-order valence-corrected chi connectivity index (χ3v) is 1.90. The molecule has 0 aliphatic rings. The molecule has 0 aromatic carbocycles. The van der Waals surface area contributed by atoms with Gasteiger partial charge < -0.3 is 4.89 Å². The molecule has 4 nitrogen and oxygen atoms in total. The average molecular weight is 186 g/mol. The van der Waals surface area contributed by atoms with E-state index in [4.69, 9.17) is 4.89 Å². The molecular formula is C5H12FO4P. The Hall–Kier alpha value is 0.0400. The normalized spacial score (nSPS) is 19.3. The van der Waals surface area contributed by atoms with Crippen LogP contribution in [-0.4, -0.2) is 11.0 Å². The van der Waals surface area contributed by atoms with Crippen molar-refractivity contribution in [2.75, 3.05) is 0 Å². The highest BCUT2D eigenvalue weighted by molar-refractivity contribution is 7.47. The lowest BCUT2D eigenvalue weighted by Crippen LogP contribution is -2.05. The van der Waals surface area contributed by atoms with Gasteiger partial charge in [-0.1, -0.05) is 18.1 Å². The minimum Gasteiger partial charge on any atom is -0.301 e. The van der Waals surface area contributed by atoms with Gasteiger partial charge in [0.15, 0.2) is 0 Å². The maximum absolute atomic E-state index is 11.2. The Bertz CT molecular complexity index is 151. The van der Waals surface area contributed by atoms with Crippen LogP contribution >= 0.6 is 7.82 Å². The summed E-state index contributed by atoms with van der Waals surface area (Å²) in [6.45, 7) is 3.46. The van der Waals surface area contributed by atoms with Crippen LogP contribution in [0.25, 0.3) is 0 Å². The first kappa shape index (κ1) is 11.0. The van der Waals surface area contributed by atoms with E-state index in [9.17, 15) is 9.09 Å². The fourth-order valence-corrected chi connectivity index (χ4v) is 1.30. The topological polar surface area (TPSA) is 55.8 Å². The summed E-state index contributed by atoms with van der Waals surface area (Å²) in [5, 5.41) is 0. The molecule has 0 saturated carbocycles. The van der Waals surface area contributed by atoms with Crippen LogP contribution in [0.4, 0.5) is 4.53 Å². The van der Waals surface area contributed by atoms with Crippen molar-refractivity contribution in [3.05, 3.63) is 0 Å². The van der Waals surface area contributed by atoms with Crippen molar-refractivity contribution in [2.24, 2.45) is 0 Å². The van der Waals surface area contributed by atoms with Gasteiger partial charge in [-0.3, -0.25) is 4.52 Å². The van der Waals surface area contributed by atoms with Gasteiger partial charge in [0, 0.05) is 0 Å². The van der Waals surface area contributed by atoms with Crippen LogP contribution in [0.15, 0.2) is 0 Å². The van der Waals surface area contributed by atoms with E-state index < -0.39 is 13.9 Å². The molecule has 0 spiro atoms. The molecular weight excluding hydrogens is 174 g/mol. The minimum atomic E-state index is -4.43. The standard InChI is InChI=1S/C5H12FO4P/c1-3-4-5(2)9-11(7,8)10-6/h5H,3-4H2,1-2H3,(H,7,8). The molecule has 0 radical (unpaired) electrons. The van der Waals surface area contributed by atoms with E-state index >= 15 is 0 Å². The molecule has 0 heterocycles. The van der Waals surface area contributed by atoms with Gasteiger partial charge in [0.25, 0.3) is 0 Å². The number of phosphoric acid groups is 1. The Morgan fingerprint density at radius 2 is 2.27 bits per heavy atom. The van der Waals surface area contributed by atoms with Gasteiger partial charge >= 0.3 is 7.82 Å². The van der Waals surface area contributed by atoms with Gasteiger partial charge in [0.2, 0.25) is 0 Å². The summed E-state index contributed by atoms with van der Waals surface area (Å²) < 4.78 is 28.7. The average Bonchev–Trinajstić information content (AvgIpc) is 1.87. The molecule has 1 N–H and O–H groups in total. The Morgan fingerprint density at radius 3 is 2.64 bits per heavy atom. The maximum atomic E-state index is 11.2. The van der Waals surface area contributed by atoms with E-state index in [1.807, 2.05) is 6.92 Å². The Labute approximate surface area is 64.8 Å². The lowest BCUT2D eigenvalue weighted by Gasteiger charge is -2.12. The highest BCUT2D eigenvalue weighted by Gasteiger charge is 2.24. The zero-order valence-corrected chi connectivity index (χ0v) is 7.38. The molecule has 2 atom stereocenters. The molecule has 0 saturated heterocycles. The third-order valence-electron chi connectivity index (χ3n) is 1.10. The second kappa shape index (κ2) is 4.83. The monoisotopic (exact) mass is 186 g/mol. The maximum Gasteiger partial charge on any atom is 0.503 e. The summed E-state index contributed by atoms with van der Waals surface area (Å²) in [4.78, 5) is 8.46. The van der Waals surface area contributed by atoms with Crippen LogP contribution in [0, 0.1) is 0 Å². The fraction of sp³-hybridized carbons (Fsp3) is 1.00. The van der Waals surface area contributed by atoms with Gasteiger partial charge in [-0.05, 0) is 17.9 Å². The van der Waals surface area contributed by atoms with Gasteiger partial charge in [-0.15, -0.1) is 0 Å². The highest BCUT2D eigenvalue weighted by Crippen LogP contribution is 2.45. The number of phosphoric ester groups is 1. The zero-order valence-electron chi connectivity index (χ0n) is 6.49. The molecule has 6 heteroatoms. The molecule has 0 amide bonds. The predicted octanol–water partition coefficient (Wildman–Crippen LogP) is 2.19. The summed E-state index contributed by atoms with van der Waals surface area (Å²) >= 11 is 0. The van der Waals surface area contributed by atoms with Crippen molar-refractivity contribution >= 4 is 7.82 Å². The van der Waals surface area contributed by atoms with Crippen LogP contribution in [0.5, 0.6) is 0 Å². The second-order valence-electron chi connectivity index (χ2n) is 2.24. The van der Waals surface area contributed by atoms with E-state index in [1.165, 1.54) is 0 Å². The van der Waals surface area contributed by atoms with Gasteiger partial charge in [0.05, 0.1) is 6.10 Å². The first-order valence-electron chi connectivity index (χ1n) is 3.33. The molecule has 0 rings (SSSR count). The zero-order chi connectivity index (χ0) is 8.91. The van der Waals surface area contributed by atoms with Crippen molar-refractivity contribution < 1.29 is 23.2 Å². The molecule has 11 heavy (non-hydrogen) atoms. The van der Waals surface area contributed by atoms with Crippen LogP contribution in [-0.2, 0) is 13.8 Å². The molecule has 0 aliphatic carbocycles. The van der Waals surface area contributed by atoms with Gasteiger partial charge in [-0.2, -0.15) is 0 Å². The summed E-state index contributed by atoms with van der Waals surface area (Å²) in [7, 11) is -4.43. The second-order valence-corrected chi connectivity index (χ2v) is 3.53. The first-order chi connectivity index (χ1) is 5.02. The lowest BCUT2D eigenvalue weighted by molar-refractivity contribution is -0.0551. The molecule has 0 aromatic heterocycles. The molecule has 0 bridgehead atoms. The summed E-state index contributed by atoms with van der Waals surface area (Å²) in [6, 6.07) is 0. The highest BCUT2D eigenvalue weighted by atomic mass is 31.2. The van der Waals surface area contributed by atoms with E-state index in [2.05, 4.69) is 9.25 Å². The summed E-state index contributed by atoms with van der Waals surface area (Å²) in [5.41, 5.74) is 0. The molecule has 2 unspecified atom stereocenters. The van der Waals surface area contributed by atoms with Crippen LogP contribution in [0.3, 0.4) is 0 Å². The third kappa shape index (κ3) is 5.32. The number of hydrogen-bond acceptors (Lipinski definition) is 3. The fourth-order valence-electron chi connectivity index (χ4n) is 0.703. The summed E-state index contributed by atoms with van der Waals surface area (Å²) in [5.74, 6) is 0. The van der Waals surface area contributed by atoms with Gasteiger partial charge in [0.1, 0.15) is 0 Å². The lowest BCUT2D eigenvalue weighted by atomic mass is 10.2. The largest absolute Gasteiger partial charge is 0.503 e. The Morgan fingerprint density at radius 1 is 1.73 bits per heavy atom. The van der Waals surface area contributed by atoms with E-state index in [1.54, 1.807) is 6.92 Å². The van der Waals surface area contributed by atoms with Crippen LogP contribution in [0.2, 0.25) is 0 Å². The molecule has 0 aromatic rings. The molecule has 0 fully saturated rings. The van der Waals surface area contributed by atoms with Crippen LogP contribution < -0.4 is 0 Å². The van der Waals surface area contributed by atoms with Crippen molar-refractivity contribution in [1.29, 1.82) is 0 Å². The van der Waals surface area contributed by atoms with Crippen molar-refractivity contribution in [1.82, 2.24) is 0 Å². The minimum absolute atomic E-state index is 0.466. The molecule has 0 aliphatic heterocycles. The SMILES string of the molecule is CCCC(C)OP(=O)(O)OF. The number of halogens is 1. The van der Waals surface area contributed by atoms with Crippen molar-refractivity contribution in [3.63, 3.8) is 0 Å². The van der Waals surface area contributed by atoms with E-state index in [-0.39, 0.29) is 0 Å². The quantitative estimate of drug-likeness (QED) is 0.668. The predicted molar refractivity (Wildman–Crippen MR) is 37.5 cm³/mol. The van der Waals surface area contributed by atoms with Gasteiger partial charge in [-0.25, -0.2) is 4.57 Å². The van der Waals surface area contributed by atoms with Crippen molar-refractivity contribution in [2.45, 2.75) is 32.8 Å². The smallest absolute Gasteiger partial charge is 0.301 e. The van der Waals surface area contributed by atoms with E-state index in [0.29, 0.717) is 6.42 Å². The van der Waals surface area contributed by atoms with E-state index in [0.717, 1.165) is 6.42 Å². The van der Waals surface area contributed by atoms with Crippen LogP contribution in [0.1, 0.15) is 26.7 Å². The van der Waals surface area contributed by atoms with Crippen molar-refractivity contribution in [3.8, 4) is 0 Å². The molecule has 68 valence electrons. The Balaban J connectivity index is 3.74. The number of hydrogen-bond donors (Lipinski definition) is 1. The summed E-state index contributed by atoms with van der Waals surface area (Å²) in [6.07, 6.45) is 0.924.